The van der Waals surface area contributed by atoms with Gasteiger partial charge in [0, 0.05) is 17.4 Å². The molecule has 0 aliphatic heterocycles. The summed E-state index contributed by atoms with van der Waals surface area (Å²) in [6, 6.07) is 13.8. The third-order valence-corrected chi connectivity index (χ3v) is 3.56. The fourth-order valence-electron chi connectivity index (χ4n) is 2.39. The van der Waals surface area contributed by atoms with Gasteiger partial charge in [0.2, 0.25) is 5.91 Å². The molecule has 2 aromatic carbocycles. The molecular formula is C17H17N3O2. The maximum atomic E-state index is 11.5. The average Bonchev–Trinajstić information content (AvgIpc) is 2.96. The van der Waals surface area contributed by atoms with Crippen molar-refractivity contribution >= 4 is 22.6 Å². The van der Waals surface area contributed by atoms with E-state index in [-0.39, 0.29) is 5.91 Å². The number of amides is 1. The summed E-state index contributed by atoms with van der Waals surface area (Å²) in [6.45, 7) is 1.81. The monoisotopic (exact) mass is 295 g/mol. The molecule has 0 spiro atoms. The van der Waals surface area contributed by atoms with Gasteiger partial charge in [0.15, 0.2) is 5.82 Å². The number of hydrogen-bond acceptors (Lipinski definition) is 3. The van der Waals surface area contributed by atoms with E-state index >= 15 is 0 Å². The van der Waals surface area contributed by atoms with Crippen LogP contribution in [-0.2, 0) is 4.79 Å². The Kier molecular flexibility index (Phi) is 3.78. The molecule has 112 valence electrons. The molecule has 2 N–H and O–H groups in total. The maximum Gasteiger partial charge on any atom is 0.225 e. The summed E-state index contributed by atoms with van der Waals surface area (Å²) in [4.78, 5) is 11.5. The molecule has 5 heteroatoms. The van der Waals surface area contributed by atoms with Crippen LogP contribution in [0.15, 0.2) is 42.5 Å². The average molecular weight is 295 g/mol. The number of methoxy groups -OCH3 is 1. The number of carbonyl (C=O) groups excluding carboxylic acids is 1. The molecule has 0 aliphatic rings. The fourth-order valence-corrected chi connectivity index (χ4v) is 2.39. The molecular weight excluding hydrogens is 278 g/mol. The lowest BCUT2D eigenvalue weighted by atomic mass is 10.0. The van der Waals surface area contributed by atoms with Crippen molar-refractivity contribution in [2.24, 2.45) is 0 Å². The van der Waals surface area contributed by atoms with Crippen LogP contribution in [0.1, 0.15) is 13.3 Å². The number of ether oxygens (including phenoxy) is 1. The van der Waals surface area contributed by atoms with Gasteiger partial charge >= 0.3 is 0 Å². The van der Waals surface area contributed by atoms with Crippen molar-refractivity contribution in [2.45, 2.75) is 13.3 Å². The number of fused-ring (bicyclic) bond motifs is 1. The highest BCUT2D eigenvalue weighted by Crippen LogP contribution is 2.32. The first-order chi connectivity index (χ1) is 10.7. The van der Waals surface area contributed by atoms with E-state index in [0.717, 1.165) is 27.8 Å². The van der Waals surface area contributed by atoms with Crippen LogP contribution in [0.2, 0.25) is 0 Å². The van der Waals surface area contributed by atoms with E-state index in [4.69, 9.17) is 4.74 Å². The lowest BCUT2D eigenvalue weighted by Gasteiger charge is -2.08. The van der Waals surface area contributed by atoms with Crippen LogP contribution in [0.25, 0.3) is 22.0 Å². The Balaban J connectivity index is 2.02. The van der Waals surface area contributed by atoms with Crippen LogP contribution in [-0.4, -0.2) is 23.2 Å². The second kappa shape index (κ2) is 5.89. The molecule has 0 atom stereocenters. The Bertz CT molecular complexity index is 824. The van der Waals surface area contributed by atoms with Gasteiger partial charge in [0.25, 0.3) is 0 Å². The SMILES string of the molecule is CCC(=O)Nc1n[nH]c2cc(-c3ccccc3OC)ccc12. The summed E-state index contributed by atoms with van der Waals surface area (Å²) < 4.78 is 5.40. The van der Waals surface area contributed by atoms with Crippen LogP contribution < -0.4 is 10.1 Å². The molecule has 0 aliphatic carbocycles. The minimum absolute atomic E-state index is 0.0535. The van der Waals surface area contributed by atoms with E-state index in [2.05, 4.69) is 15.5 Å². The van der Waals surface area contributed by atoms with Gasteiger partial charge < -0.3 is 10.1 Å². The number of benzene rings is 2. The number of para-hydroxylation sites is 1. The molecule has 3 rings (SSSR count). The van der Waals surface area contributed by atoms with E-state index < -0.39 is 0 Å². The number of aromatic amines is 1. The van der Waals surface area contributed by atoms with Gasteiger partial charge in [0.05, 0.1) is 12.6 Å². The minimum atomic E-state index is -0.0535. The topological polar surface area (TPSA) is 67.0 Å². The predicted molar refractivity (Wildman–Crippen MR) is 87.0 cm³/mol. The molecule has 0 unspecified atom stereocenters. The van der Waals surface area contributed by atoms with Crippen molar-refractivity contribution < 1.29 is 9.53 Å². The number of nitrogens with zero attached hydrogens (tertiary/aromatic N) is 1. The highest BCUT2D eigenvalue weighted by Gasteiger charge is 2.11. The van der Waals surface area contributed by atoms with Gasteiger partial charge in [-0.15, -0.1) is 0 Å². The number of anilines is 1. The van der Waals surface area contributed by atoms with Crippen LogP contribution >= 0.6 is 0 Å². The Morgan fingerprint density at radius 3 is 2.86 bits per heavy atom. The van der Waals surface area contributed by atoms with Crippen molar-refractivity contribution in [3.63, 3.8) is 0 Å². The maximum absolute atomic E-state index is 11.5. The highest BCUT2D eigenvalue weighted by molar-refractivity contribution is 6.00. The quantitative estimate of drug-likeness (QED) is 0.773. The molecule has 1 aromatic heterocycles. The summed E-state index contributed by atoms with van der Waals surface area (Å²) in [5, 5.41) is 10.8. The molecule has 3 aromatic rings. The first-order valence-corrected chi connectivity index (χ1v) is 7.14. The zero-order chi connectivity index (χ0) is 15.5. The largest absolute Gasteiger partial charge is 0.496 e. The Labute approximate surface area is 128 Å². The van der Waals surface area contributed by atoms with E-state index in [1.807, 2.05) is 49.4 Å². The predicted octanol–water partition coefficient (Wildman–Crippen LogP) is 3.59. The van der Waals surface area contributed by atoms with Gasteiger partial charge in [-0.1, -0.05) is 31.2 Å². The van der Waals surface area contributed by atoms with E-state index in [9.17, 15) is 4.79 Å². The molecule has 1 amide bonds. The molecule has 0 radical (unpaired) electrons. The second-order valence-electron chi connectivity index (χ2n) is 4.93. The Morgan fingerprint density at radius 1 is 1.27 bits per heavy atom. The van der Waals surface area contributed by atoms with Crippen molar-refractivity contribution in [3.8, 4) is 16.9 Å². The van der Waals surface area contributed by atoms with Crippen molar-refractivity contribution in [1.82, 2.24) is 10.2 Å². The number of H-pyrrole nitrogens is 1. The Morgan fingerprint density at radius 2 is 2.09 bits per heavy atom. The van der Waals surface area contributed by atoms with E-state index in [0.29, 0.717) is 12.2 Å². The molecule has 5 nitrogen and oxygen atoms in total. The third kappa shape index (κ3) is 2.53. The summed E-state index contributed by atoms with van der Waals surface area (Å²) in [6.07, 6.45) is 0.424. The molecule has 0 saturated heterocycles. The van der Waals surface area contributed by atoms with Crippen LogP contribution in [0.3, 0.4) is 0 Å². The fraction of sp³-hybridized carbons (Fsp3) is 0.176. The van der Waals surface area contributed by atoms with Crippen LogP contribution in [0.4, 0.5) is 5.82 Å². The first kappa shape index (κ1) is 14.1. The van der Waals surface area contributed by atoms with Crippen molar-refractivity contribution in [1.29, 1.82) is 0 Å². The van der Waals surface area contributed by atoms with Crippen molar-refractivity contribution in [2.75, 3.05) is 12.4 Å². The van der Waals surface area contributed by atoms with E-state index in [1.54, 1.807) is 7.11 Å². The molecule has 0 saturated carbocycles. The number of hydrogen-bond donors (Lipinski definition) is 2. The van der Waals surface area contributed by atoms with Gasteiger partial charge in [0.1, 0.15) is 5.75 Å². The van der Waals surface area contributed by atoms with Gasteiger partial charge in [-0.05, 0) is 23.8 Å². The zero-order valence-corrected chi connectivity index (χ0v) is 12.5. The summed E-state index contributed by atoms with van der Waals surface area (Å²) in [5.41, 5.74) is 2.91. The lowest BCUT2D eigenvalue weighted by Crippen LogP contribution is -2.09. The summed E-state index contributed by atoms with van der Waals surface area (Å²) >= 11 is 0. The molecule has 22 heavy (non-hydrogen) atoms. The number of nitrogens with one attached hydrogen (secondary N) is 2. The van der Waals surface area contributed by atoms with Crippen LogP contribution in [0.5, 0.6) is 5.75 Å². The van der Waals surface area contributed by atoms with Gasteiger partial charge in [-0.2, -0.15) is 5.10 Å². The summed E-state index contributed by atoms with van der Waals surface area (Å²) in [5.74, 6) is 1.33. The van der Waals surface area contributed by atoms with Crippen LogP contribution in [0, 0.1) is 0 Å². The standard InChI is InChI=1S/C17H17N3O2/c1-3-16(21)18-17-13-9-8-11(10-14(13)19-20-17)12-6-4-5-7-15(12)22-2/h4-10H,3H2,1-2H3,(H2,18,19,20,21). The van der Waals surface area contributed by atoms with Gasteiger partial charge in [-0.3, -0.25) is 9.89 Å². The number of carbonyl (C=O) groups is 1. The first-order valence-electron chi connectivity index (χ1n) is 7.14. The smallest absolute Gasteiger partial charge is 0.225 e. The van der Waals surface area contributed by atoms with E-state index in [1.165, 1.54) is 0 Å². The summed E-state index contributed by atoms with van der Waals surface area (Å²) in [7, 11) is 1.66. The van der Waals surface area contributed by atoms with Crippen molar-refractivity contribution in [3.05, 3.63) is 42.5 Å². The molecule has 1 heterocycles. The lowest BCUT2D eigenvalue weighted by molar-refractivity contribution is -0.115. The molecule has 0 fully saturated rings. The Hall–Kier alpha value is -2.82. The minimum Gasteiger partial charge on any atom is -0.496 e. The molecule has 0 bridgehead atoms. The normalized spacial score (nSPS) is 10.6. The second-order valence-corrected chi connectivity index (χ2v) is 4.93. The third-order valence-electron chi connectivity index (χ3n) is 3.56. The highest BCUT2D eigenvalue weighted by atomic mass is 16.5. The number of rotatable bonds is 4. The number of aromatic nitrogens is 2. The van der Waals surface area contributed by atoms with Gasteiger partial charge in [-0.25, -0.2) is 0 Å². The zero-order valence-electron chi connectivity index (χ0n) is 12.5.